The molecule has 4 N–H and O–H groups in total. The second kappa shape index (κ2) is 9.86. The zero-order valence-corrected chi connectivity index (χ0v) is 15.7. The first kappa shape index (κ1) is 19.8. The van der Waals surface area contributed by atoms with Gasteiger partial charge in [-0.1, -0.05) is 0 Å². The van der Waals surface area contributed by atoms with Crippen LogP contribution in [0.15, 0.2) is 23.2 Å². The molecule has 8 nitrogen and oxygen atoms in total. The highest BCUT2D eigenvalue weighted by atomic mass is 16.5. The predicted octanol–water partition coefficient (Wildman–Crippen LogP) is 0.276. The highest BCUT2D eigenvalue weighted by Crippen LogP contribution is 2.22. The Kier molecular flexibility index (Phi) is 7.53. The molecule has 0 spiro atoms. The first-order valence-corrected chi connectivity index (χ1v) is 8.81. The Balaban J connectivity index is 1.81. The summed E-state index contributed by atoms with van der Waals surface area (Å²) in [6.07, 6.45) is 1.89. The highest BCUT2D eigenvalue weighted by Gasteiger charge is 2.21. The van der Waals surface area contributed by atoms with Crippen LogP contribution in [0.3, 0.4) is 0 Å². The van der Waals surface area contributed by atoms with E-state index >= 15 is 0 Å². The summed E-state index contributed by atoms with van der Waals surface area (Å²) in [6.45, 7) is 2.64. The number of piperidine rings is 1. The van der Waals surface area contributed by atoms with Crippen molar-refractivity contribution < 1.29 is 14.6 Å². The molecule has 8 heteroatoms. The number of carbonyl (C=O) groups is 1. The first-order chi connectivity index (χ1) is 12.5. The number of phenols is 1. The summed E-state index contributed by atoms with van der Waals surface area (Å²) < 4.78 is 5.19. The van der Waals surface area contributed by atoms with E-state index < -0.39 is 0 Å². The molecule has 1 aromatic carbocycles. The number of nitrogens with one attached hydrogen (secondary N) is 3. The molecular weight excluding hydrogens is 334 g/mol. The van der Waals surface area contributed by atoms with Gasteiger partial charge in [0.05, 0.1) is 13.7 Å². The molecule has 1 saturated heterocycles. The molecule has 1 aliphatic heterocycles. The smallest absolute Gasteiger partial charge is 0.233 e. The van der Waals surface area contributed by atoms with Gasteiger partial charge in [0.25, 0.3) is 0 Å². The average Bonchev–Trinajstić information content (AvgIpc) is 2.67. The summed E-state index contributed by atoms with van der Waals surface area (Å²) in [5.74, 6) is 1.66. The fraction of sp³-hybridized carbons (Fsp3) is 0.556. The molecule has 0 radical (unpaired) electrons. The molecule has 0 bridgehead atoms. The predicted molar refractivity (Wildman–Crippen MR) is 102 cm³/mol. The third-order valence-electron chi connectivity index (χ3n) is 4.53. The Hall–Kier alpha value is -2.48. The van der Waals surface area contributed by atoms with Gasteiger partial charge in [-0.3, -0.25) is 14.7 Å². The van der Waals surface area contributed by atoms with E-state index in [-0.39, 0.29) is 11.7 Å². The first-order valence-electron chi connectivity index (χ1n) is 8.81. The molecule has 26 heavy (non-hydrogen) atoms. The van der Waals surface area contributed by atoms with Crippen LogP contribution in [0.5, 0.6) is 11.5 Å². The molecular formula is C18H29N5O3. The largest absolute Gasteiger partial charge is 0.508 e. The number of hydrogen-bond donors (Lipinski definition) is 4. The molecule has 1 heterocycles. The number of carbonyl (C=O) groups excluding carboxylic acids is 1. The number of guanidine groups is 1. The maximum Gasteiger partial charge on any atom is 0.233 e. The van der Waals surface area contributed by atoms with Gasteiger partial charge in [-0.25, -0.2) is 0 Å². The van der Waals surface area contributed by atoms with Crippen molar-refractivity contribution in [2.75, 3.05) is 40.8 Å². The Morgan fingerprint density at radius 2 is 2.12 bits per heavy atom. The van der Waals surface area contributed by atoms with Gasteiger partial charge < -0.3 is 25.8 Å². The Morgan fingerprint density at radius 1 is 1.38 bits per heavy atom. The lowest BCUT2D eigenvalue weighted by Crippen LogP contribution is -2.49. The number of rotatable bonds is 6. The van der Waals surface area contributed by atoms with E-state index in [0.29, 0.717) is 30.8 Å². The van der Waals surface area contributed by atoms with Crippen LogP contribution in [0.1, 0.15) is 18.4 Å². The van der Waals surface area contributed by atoms with Crippen LogP contribution in [-0.2, 0) is 11.3 Å². The van der Waals surface area contributed by atoms with Crippen molar-refractivity contribution in [3.05, 3.63) is 23.8 Å². The lowest BCUT2D eigenvalue weighted by atomic mass is 10.1. The van der Waals surface area contributed by atoms with Gasteiger partial charge in [-0.05, 0) is 31.0 Å². The van der Waals surface area contributed by atoms with Crippen LogP contribution in [-0.4, -0.2) is 68.8 Å². The van der Waals surface area contributed by atoms with E-state index in [0.717, 1.165) is 31.5 Å². The molecule has 1 aromatic rings. The van der Waals surface area contributed by atoms with E-state index in [1.165, 1.54) is 0 Å². The van der Waals surface area contributed by atoms with Gasteiger partial charge in [0, 0.05) is 45.3 Å². The van der Waals surface area contributed by atoms with Gasteiger partial charge in [0.1, 0.15) is 11.5 Å². The zero-order valence-electron chi connectivity index (χ0n) is 15.7. The Bertz CT molecular complexity index is 627. The van der Waals surface area contributed by atoms with E-state index in [4.69, 9.17) is 4.74 Å². The molecule has 0 atom stereocenters. The van der Waals surface area contributed by atoms with Gasteiger partial charge in [-0.2, -0.15) is 0 Å². The number of aromatic hydroxyl groups is 1. The number of nitrogens with zero attached hydrogens (tertiary/aromatic N) is 2. The molecule has 0 aliphatic carbocycles. The third-order valence-corrected chi connectivity index (χ3v) is 4.53. The van der Waals surface area contributed by atoms with Crippen LogP contribution in [0.2, 0.25) is 0 Å². The number of benzene rings is 1. The van der Waals surface area contributed by atoms with Crippen LogP contribution >= 0.6 is 0 Å². The number of hydrogen-bond acceptors (Lipinski definition) is 5. The minimum atomic E-state index is 0.0481. The van der Waals surface area contributed by atoms with Crippen LogP contribution in [0.4, 0.5) is 0 Å². The molecule has 0 unspecified atom stereocenters. The van der Waals surface area contributed by atoms with Crippen molar-refractivity contribution in [3.8, 4) is 11.5 Å². The summed E-state index contributed by atoms with van der Waals surface area (Å²) in [6, 6.07) is 5.44. The summed E-state index contributed by atoms with van der Waals surface area (Å²) in [4.78, 5) is 17.9. The zero-order chi connectivity index (χ0) is 18.9. The number of phenolic OH excluding ortho intramolecular Hbond substituents is 1. The van der Waals surface area contributed by atoms with Crippen molar-refractivity contribution in [1.29, 1.82) is 0 Å². The van der Waals surface area contributed by atoms with Gasteiger partial charge >= 0.3 is 0 Å². The lowest BCUT2D eigenvalue weighted by Gasteiger charge is -2.32. The van der Waals surface area contributed by atoms with Crippen LogP contribution in [0.25, 0.3) is 0 Å². The summed E-state index contributed by atoms with van der Waals surface area (Å²) in [7, 11) is 4.98. The maximum absolute atomic E-state index is 11.5. The van der Waals surface area contributed by atoms with Crippen molar-refractivity contribution in [2.24, 2.45) is 4.99 Å². The number of aliphatic imine (C=N–C) groups is 1. The quantitative estimate of drug-likeness (QED) is 0.428. The molecule has 1 amide bonds. The van der Waals surface area contributed by atoms with E-state index in [1.807, 2.05) is 0 Å². The number of ether oxygens (including phenoxy) is 1. The van der Waals surface area contributed by atoms with Gasteiger partial charge in [0.2, 0.25) is 5.91 Å². The molecule has 1 fully saturated rings. The van der Waals surface area contributed by atoms with Crippen LogP contribution in [0, 0.1) is 0 Å². The minimum Gasteiger partial charge on any atom is -0.508 e. The number of likely N-dealkylation sites (tertiary alicyclic amines) is 1. The Labute approximate surface area is 154 Å². The second-order valence-electron chi connectivity index (χ2n) is 6.29. The van der Waals surface area contributed by atoms with Gasteiger partial charge in [-0.15, -0.1) is 0 Å². The van der Waals surface area contributed by atoms with Crippen molar-refractivity contribution >= 4 is 11.9 Å². The molecule has 1 aliphatic rings. The summed E-state index contributed by atoms with van der Waals surface area (Å²) in [5.41, 5.74) is 0.743. The fourth-order valence-electron chi connectivity index (χ4n) is 2.91. The second-order valence-corrected chi connectivity index (χ2v) is 6.29. The SMILES string of the molecule is CN=C(NCc1cc(OC)ccc1O)NC1CCN(CC(=O)NC)CC1. The fourth-order valence-corrected chi connectivity index (χ4v) is 2.91. The Morgan fingerprint density at radius 3 is 2.73 bits per heavy atom. The number of likely N-dealkylation sites (N-methyl/N-ethyl adjacent to an activating group) is 1. The number of amides is 1. The lowest BCUT2D eigenvalue weighted by molar-refractivity contribution is -0.122. The molecule has 2 rings (SSSR count). The van der Waals surface area contributed by atoms with Gasteiger partial charge in [0.15, 0.2) is 5.96 Å². The monoisotopic (exact) mass is 363 g/mol. The van der Waals surface area contributed by atoms with Crippen molar-refractivity contribution in [1.82, 2.24) is 20.9 Å². The highest BCUT2D eigenvalue weighted by molar-refractivity contribution is 5.80. The van der Waals surface area contributed by atoms with E-state index in [1.54, 1.807) is 39.4 Å². The summed E-state index contributed by atoms with van der Waals surface area (Å²) >= 11 is 0. The minimum absolute atomic E-state index is 0.0481. The van der Waals surface area contributed by atoms with Crippen molar-refractivity contribution in [3.63, 3.8) is 0 Å². The maximum atomic E-state index is 11.5. The van der Waals surface area contributed by atoms with E-state index in [9.17, 15) is 9.90 Å². The molecule has 0 aromatic heterocycles. The third kappa shape index (κ3) is 5.80. The van der Waals surface area contributed by atoms with Crippen LogP contribution < -0.4 is 20.7 Å². The molecule has 144 valence electrons. The molecule has 0 saturated carbocycles. The van der Waals surface area contributed by atoms with Crippen molar-refractivity contribution in [2.45, 2.75) is 25.4 Å². The average molecular weight is 363 g/mol. The van der Waals surface area contributed by atoms with E-state index in [2.05, 4.69) is 25.8 Å². The number of methoxy groups -OCH3 is 1. The topological polar surface area (TPSA) is 98.2 Å². The normalized spacial score (nSPS) is 16.2. The standard InChI is InChI=1S/C18H29N5O3/c1-19-17(25)12-23-8-6-14(7-9-23)22-18(20-2)21-11-13-10-15(26-3)4-5-16(13)24/h4-5,10,14,24H,6-9,11-12H2,1-3H3,(H,19,25)(H2,20,21,22). The summed E-state index contributed by atoms with van der Waals surface area (Å²) in [5, 5.41) is 19.3.